The number of aromatic amines is 1. The van der Waals surface area contributed by atoms with Crippen LogP contribution in [0.15, 0.2) is 10.9 Å². The van der Waals surface area contributed by atoms with Gasteiger partial charge >= 0.3 is 5.97 Å². The number of nitriles is 1. The zero-order valence-corrected chi connectivity index (χ0v) is 8.79. The molecule has 1 heterocycles. The SMILES string of the molecule is CCOC(=O)c1cc(C(F)F)[nH]c(=O)c1C#N. The topological polar surface area (TPSA) is 83.0 Å². The van der Waals surface area contributed by atoms with Gasteiger partial charge in [-0.25, -0.2) is 13.6 Å². The first-order chi connectivity index (χ1) is 8.01. The summed E-state index contributed by atoms with van der Waals surface area (Å²) in [5.41, 5.74) is -2.74. The molecule has 1 aromatic rings. The minimum Gasteiger partial charge on any atom is -0.462 e. The van der Waals surface area contributed by atoms with E-state index in [-0.39, 0.29) is 6.61 Å². The van der Waals surface area contributed by atoms with Crippen molar-refractivity contribution < 1.29 is 18.3 Å². The van der Waals surface area contributed by atoms with E-state index < -0.39 is 34.8 Å². The molecule has 1 N–H and O–H groups in total. The normalized spacial score (nSPS) is 10.1. The van der Waals surface area contributed by atoms with Crippen LogP contribution in [0.2, 0.25) is 0 Å². The van der Waals surface area contributed by atoms with Gasteiger partial charge in [-0.2, -0.15) is 5.26 Å². The number of aromatic nitrogens is 1. The first kappa shape index (κ1) is 12.8. The van der Waals surface area contributed by atoms with Crippen LogP contribution < -0.4 is 5.56 Å². The Hall–Kier alpha value is -2.23. The van der Waals surface area contributed by atoms with Crippen LogP contribution in [0.25, 0.3) is 0 Å². The number of pyridine rings is 1. The van der Waals surface area contributed by atoms with Gasteiger partial charge in [0.15, 0.2) is 0 Å². The second-order valence-corrected chi connectivity index (χ2v) is 2.98. The average molecular weight is 242 g/mol. The van der Waals surface area contributed by atoms with Crippen LogP contribution >= 0.6 is 0 Å². The minimum atomic E-state index is -2.94. The van der Waals surface area contributed by atoms with Crippen LogP contribution in [0.1, 0.15) is 35.0 Å². The molecule has 0 saturated carbocycles. The second kappa shape index (κ2) is 5.21. The maximum atomic E-state index is 12.4. The number of H-pyrrole nitrogens is 1. The summed E-state index contributed by atoms with van der Waals surface area (Å²) < 4.78 is 29.4. The number of rotatable bonds is 3. The van der Waals surface area contributed by atoms with E-state index in [9.17, 15) is 18.4 Å². The summed E-state index contributed by atoms with van der Waals surface area (Å²) in [6.45, 7) is 1.53. The molecule has 0 fully saturated rings. The molecule has 0 unspecified atom stereocenters. The summed E-state index contributed by atoms with van der Waals surface area (Å²) in [4.78, 5) is 24.5. The van der Waals surface area contributed by atoms with Crippen LogP contribution in [0.4, 0.5) is 8.78 Å². The maximum absolute atomic E-state index is 12.4. The summed E-state index contributed by atoms with van der Waals surface area (Å²) in [5.74, 6) is -0.975. The van der Waals surface area contributed by atoms with Gasteiger partial charge in [0, 0.05) is 0 Å². The van der Waals surface area contributed by atoms with Crippen molar-refractivity contribution in [3.63, 3.8) is 0 Å². The van der Waals surface area contributed by atoms with E-state index in [1.807, 2.05) is 4.98 Å². The first-order valence-electron chi connectivity index (χ1n) is 4.63. The molecule has 0 spiro atoms. The number of carbonyl (C=O) groups is 1. The van der Waals surface area contributed by atoms with E-state index in [0.717, 1.165) is 6.07 Å². The molecule has 1 rings (SSSR count). The second-order valence-electron chi connectivity index (χ2n) is 2.98. The molecule has 7 heteroatoms. The van der Waals surface area contributed by atoms with Crippen molar-refractivity contribution in [3.8, 4) is 6.07 Å². The molecule has 0 amide bonds. The van der Waals surface area contributed by atoms with E-state index >= 15 is 0 Å². The molecule has 90 valence electrons. The summed E-state index contributed by atoms with van der Waals surface area (Å²) >= 11 is 0. The largest absolute Gasteiger partial charge is 0.462 e. The van der Waals surface area contributed by atoms with E-state index in [1.54, 1.807) is 0 Å². The molecule has 0 atom stereocenters. The average Bonchev–Trinajstić information content (AvgIpc) is 2.28. The number of carbonyl (C=O) groups excluding carboxylic acids is 1. The van der Waals surface area contributed by atoms with Crippen LogP contribution in [-0.2, 0) is 4.74 Å². The lowest BCUT2D eigenvalue weighted by Gasteiger charge is -2.05. The lowest BCUT2D eigenvalue weighted by atomic mass is 10.1. The van der Waals surface area contributed by atoms with Crippen LogP contribution in [-0.4, -0.2) is 17.6 Å². The molecule has 0 aromatic carbocycles. The third kappa shape index (κ3) is 2.66. The predicted octanol–water partition coefficient (Wildman–Crippen LogP) is 1.36. The van der Waals surface area contributed by atoms with Gasteiger partial charge in [-0.3, -0.25) is 4.79 Å². The van der Waals surface area contributed by atoms with Crippen molar-refractivity contribution in [3.05, 3.63) is 33.2 Å². The third-order valence-corrected chi connectivity index (χ3v) is 1.90. The fourth-order valence-electron chi connectivity index (χ4n) is 1.18. The fraction of sp³-hybridized carbons (Fsp3) is 0.300. The Balaban J connectivity index is 3.40. The number of esters is 1. The Morgan fingerprint density at radius 1 is 1.65 bits per heavy atom. The van der Waals surface area contributed by atoms with Gasteiger partial charge in [0.25, 0.3) is 12.0 Å². The van der Waals surface area contributed by atoms with Gasteiger partial charge < -0.3 is 9.72 Å². The van der Waals surface area contributed by atoms with Gasteiger partial charge in [0.05, 0.1) is 17.9 Å². The molecule has 0 saturated heterocycles. The summed E-state index contributed by atoms with van der Waals surface area (Å²) in [6, 6.07) is 2.23. The lowest BCUT2D eigenvalue weighted by molar-refractivity contribution is 0.0525. The number of halogens is 2. The minimum absolute atomic E-state index is 0.0144. The highest BCUT2D eigenvalue weighted by Gasteiger charge is 2.20. The summed E-state index contributed by atoms with van der Waals surface area (Å²) in [6.07, 6.45) is -2.94. The van der Waals surface area contributed by atoms with Crippen molar-refractivity contribution >= 4 is 5.97 Å². The van der Waals surface area contributed by atoms with Gasteiger partial charge in [-0.05, 0) is 13.0 Å². The van der Waals surface area contributed by atoms with Gasteiger partial charge in [-0.1, -0.05) is 0 Å². The lowest BCUT2D eigenvalue weighted by Crippen LogP contribution is -2.19. The van der Waals surface area contributed by atoms with Gasteiger partial charge in [-0.15, -0.1) is 0 Å². The molecule has 0 aliphatic rings. The number of hydrogen-bond acceptors (Lipinski definition) is 4. The van der Waals surface area contributed by atoms with Crippen molar-refractivity contribution in [2.45, 2.75) is 13.3 Å². The Labute approximate surface area is 94.6 Å². The molecule has 1 aromatic heterocycles. The zero-order valence-electron chi connectivity index (χ0n) is 8.79. The van der Waals surface area contributed by atoms with E-state index in [0.29, 0.717) is 0 Å². The molecule has 0 aliphatic heterocycles. The maximum Gasteiger partial charge on any atom is 0.339 e. The highest BCUT2D eigenvalue weighted by atomic mass is 19.3. The van der Waals surface area contributed by atoms with Crippen LogP contribution in [0.3, 0.4) is 0 Å². The van der Waals surface area contributed by atoms with E-state index in [2.05, 4.69) is 4.74 Å². The number of ether oxygens (including phenoxy) is 1. The van der Waals surface area contributed by atoms with Crippen molar-refractivity contribution in [2.75, 3.05) is 6.61 Å². The molecule has 0 aliphatic carbocycles. The Morgan fingerprint density at radius 3 is 2.76 bits per heavy atom. The third-order valence-electron chi connectivity index (χ3n) is 1.90. The summed E-state index contributed by atoms with van der Waals surface area (Å²) in [5, 5.41) is 8.68. The zero-order chi connectivity index (χ0) is 13.0. The monoisotopic (exact) mass is 242 g/mol. The first-order valence-corrected chi connectivity index (χ1v) is 4.63. The Kier molecular flexibility index (Phi) is 3.93. The highest BCUT2D eigenvalue weighted by Crippen LogP contribution is 2.17. The molecule has 5 nitrogen and oxygen atoms in total. The molecular weight excluding hydrogens is 234 g/mol. The van der Waals surface area contributed by atoms with Crippen molar-refractivity contribution in [2.24, 2.45) is 0 Å². The standard InChI is InChI=1S/C10H8F2N2O3/c1-2-17-10(16)5-3-7(8(11)12)14-9(15)6(5)4-13/h3,8H,2H2,1H3,(H,14,15). The van der Waals surface area contributed by atoms with Gasteiger partial charge in [0.1, 0.15) is 11.6 Å². The van der Waals surface area contributed by atoms with E-state index in [4.69, 9.17) is 5.26 Å². The van der Waals surface area contributed by atoms with Gasteiger partial charge in [0.2, 0.25) is 0 Å². The summed E-state index contributed by atoms with van der Waals surface area (Å²) in [7, 11) is 0. The predicted molar refractivity (Wildman–Crippen MR) is 52.7 cm³/mol. The molecular formula is C10H8F2N2O3. The van der Waals surface area contributed by atoms with Crippen LogP contribution in [0.5, 0.6) is 0 Å². The Bertz CT molecular complexity index is 531. The number of hydrogen-bond donors (Lipinski definition) is 1. The molecule has 0 radical (unpaired) electrons. The van der Waals surface area contributed by atoms with Crippen molar-refractivity contribution in [1.82, 2.24) is 4.98 Å². The van der Waals surface area contributed by atoms with Crippen LogP contribution in [0, 0.1) is 11.3 Å². The highest BCUT2D eigenvalue weighted by molar-refractivity contribution is 5.92. The number of alkyl halides is 2. The molecule has 17 heavy (non-hydrogen) atoms. The smallest absolute Gasteiger partial charge is 0.339 e. The Morgan fingerprint density at radius 2 is 2.29 bits per heavy atom. The number of nitrogens with zero attached hydrogens (tertiary/aromatic N) is 1. The number of nitrogens with one attached hydrogen (secondary N) is 1. The van der Waals surface area contributed by atoms with E-state index in [1.165, 1.54) is 13.0 Å². The fourth-order valence-corrected chi connectivity index (χ4v) is 1.18. The van der Waals surface area contributed by atoms with Crippen molar-refractivity contribution in [1.29, 1.82) is 5.26 Å². The molecule has 0 bridgehead atoms. The quantitative estimate of drug-likeness (QED) is 0.811.